The van der Waals surface area contributed by atoms with E-state index in [1.54, 1.807) is 25.1 Å². The summed E-state index contributed by atoms with van der Waals surface area (Å²) in [5, 5.41) is 15.4. The number of non-ortho nitro benzene ring substituents is 1. The van der Waals surface area contributed by atoms with Gasteiger partial charge in [-0.05, 0) is 43.2 Å². The molecule has 0 saturated carbocycles. The summed E-state index contributed by atoms with van der Waals surface area (Å²) in [6.45, 7) is 1.03. The predicted molar refractivity (Wildman–Crippen MR) is 122 cm³/mol. The monoisotopic (exact) mass is 472 g/mol. The van der Waals surface area contributed by atoms with Gasteiger partial charge in [-0.1, -0.05) is 5.16 Å². The van der Waals surface area contributed by atoms with Crippen molar-refractivity contribution >= 4 is 21.4 Å². The van der Waals surface area contributed by atoms with Gasteiger partial charge in [-0.2, -0.15) is 4.31 Å². The molecule has 0 spiro atoms. The highest BCUT2D eigenvalue weighted by atomic mass is 32.2. The first-order valence-corrected chi connectivity index (χ1v) is 11.8. The van der Waals surface area contributed by atoms with Crippen LogP contribution in [0.4, 0.5) is 11.4 Å². The lowest BCUT2D eigenvalue weighted by atomic mass is 10.1. The van der Waals surface area contributed by atoms with Crippen LogP contribution in [0.25, 0.3) is 11.3 Å². The van der Waals surface area contributed by atoms with E-state index in [2.05, 4.69) is 5.16 Å². The number of nitro benzene ring substituents is 1. The first-order valence-electron chi connectivity index (χ1n) is 10.4. The van der Waals surface area contributed by atoms with E-state index < -0.39 is 14.9 Å². The third kappa shape index (κ3) is 4.69. The molecule has 2 heterocycles. The van der Waals surface area contributed by atoms with Gasteiger partial charge in [-0.3, -0.25) is 10.1 Å². The molecule has 0 N–H and O–H groups in total. The average molecular weight is 473 g/mol. The Kier molecular flexibility index (Phi) is 6.34. The summed E-state index contributed by atoms with van der Waals surface area (Å²) in [7, 11) is -0.577. The average Bonchev–Trinajstić information content (AvgIpc) is 3.51. The summed E-state index contributed by atoms with van der Waals surface area (Å²) >= 11 is 0. The van der Waals surface area contributed by atoms with Crippen molar-refractivity contribution in [1.82, 2.24) is 9.46 Å². The molecule has 0 aliphatic carbocycles. The van der Waals surface area contributed by atoms with Crippen molar-refractivity contribution < 1.29 is 22.6 Å². The second kappa shape index (κ2) is 9.20. The van der Waals surface area contributed by atoms with E-state index in [0.717, 1.165) is 30.2 Å². The molecular formula is C22H24N4O6S. The number of nitro groups is 1. The first kappa shape index (κ1) is 22.7. The number of sulfonamides is 1. The minimum Gasteiger partial charge on any atom is -0.497 e. The van der Waals surface area contributed by atoms with Crippen LogP contribution in [0.3, 0.4) is 0 Å². The topological polar surface area (TPSA) is 119 Å². The molecule has 1 aliphatic rings. The zero-order valence-corrected chi connectivity index (χ0v) is 19.1. The van der Waals surface area contributed by atoms with Crippen LogP contribution in [-0.4, -0.2) is 50.0 Å². The van der Waals surface area contributed by atoms with E-state index in [1.807, 2.05) is 24.3 Å². The smallest absolute Gasteiger partial charge is 0.270 e. The van der Waals surface area contributed by atoms with Gasteiger partial charge in [0.15, 0.2) is 5.76 Å². The highest BCUT2D eigenvalue weighted by Crippen LogP contribution is 2.33. The highest BCUT2D eigenvalue weighted by molar-refractivity contribution is 7.89. The molecule has 4 rings (SSSR count). The van der Waals surface area contributed by atoms with E-state index >= 15 is 0 Å². The maximum atomic E-state index is 13.3. The Morgan fingerprint density at radius 2 is 1.85 bits per heavy atom. The second-order valence-electron chi connectivity index (χ2n) is 7.78. The van der Waals surface area contributed by atoms with Crippen molar-refractivity contribution in [2.45, 2.75) is 24.3 Å². The molecular weight excluding hydrogens is 448 g/mol. The van der Waals surface area contributed by atoms with Gasteiger partial charge in [0.1, 0.15) is 16.3 Å². The molecule has 174 valence electrons. The number of ether oxygens (including phenoxy) is 1. The van der Waals surface area contributed by atoms with Crippen LogP contribution in [0.2, 0.25) is 0 Å². The summed E-state index contributed by atoms with van der Waals surface area (Å²) in [6, 6.07) is 13.0. The normalized spacial score (nSPS) is 14.4. The summed E-state index contributed by atoms with van der Waals surface area (Å²) in [4.78, 5) is 12.3. The molecule has 10 nitrogen and oxygen atoms in total. The minimum absolute atomic E-state index is 0.0870. The first-order chi connectivity index (χ1) is 15.8. The lowest BCUT2D eigenvalue weighted by Gasteiger charge is -2.23. The van der Waals surface area contributed by atoms with Gasteiger partial charge in [0.2, 0.25) is 10.0 Å². The van der Waals surface area contributed by atoms with Crippen LogP contribution < -0.4 is 9.64 Å². The maximum absolute atomic E-state index is 13.3. The SMILES string of the molecule is COc1ccc(-c2cc(CN(C)c3ccc([N+](=O)[O-])cc3S(=O)(=O)N3CCCC3)on2)cc1. The maximum Gasteiger partial charge on any atom is 0.270 e. The van der Waals surface area contributed by atoms with E-state index in [9.17, 15) is 18.5 Å². The van der Waals surface area contributed by atoms with Crippen molar-refractivity contribution in [1.29, 1.82) is 0 Å². The standard InChI is InChI=1S/C22H24N4O6S/c1-24(15-19-14-20(23-32-19)16-5-8-18(31-2)9-6-16)21-10-7-17(26(27)28)13-22(21)33(29,30)25-11-3-4-12-25/h5-10,13-14H,3-4,11-12,15H2,1-2H3. The largest absolute Gasteiger partial charge is 0.497 e. The van der Waals surface area contributed by atoms with Gasteiger partial charge in [-0.25, -0.2) is 8.42 Å². The summed E-state index contributed by atoms with van der Waals surface area (Å²) in [6.07, 6.45) is 1.54. The second-order valence-corrected chi connectivity index (χ2v) is 9.69. The molecule has 0 atom stereocenters. The Balaban J connectivity index is 1.62. The third-order valence-electron chi connectivity index (χ3n) is 5.59. The van der Waals surface area contributed by atoms with Crippen molar-refractivity contribution in [2.24, 2.45) is 0 Å². The Morgan fingerprint density at radius 3 is 2.48 bits per heavy atom. The van der Waals surface area contributed by atoms with Gasteiger partial charge in [0.05, 0.1) is 24.3 Å². The van der Waals surface area contributed by atoms with Crippen LogP contribution in [0.15, 0.2) is 57.9 Å². The van der Waals surface area contributed by atoms with Crippen molar-refractivity contribution in [2.75, 3.05) is 32.1 Å². The number of aromatic nitrogens is 1. The Morgan fingerprint density at radius 1 is 1.15 bits per heavy atom. The molecule has 0 radical (unpaired) electrons. The predicted octanol–water partition coefficient (Wildman–Crippen LogP) is 3.68. The van der Waals surface area contributed by atoms with E-state index in [-0.39, 0.29) is 17.1 Å². The van der Waals surface area contributed by atoms with Crippen molar-refractivity contribution in [3.8, 4) is 17.0 Å². The molecule has 1 saturated heterocycles. The van der Waals surface area contributed by atoms with Crippen LogP contribution in [0, 0.1) is 10.1 Å². The van der Waals surface area contributed by atoms with Crippen LogP contribution in [-0.2, 0) is 16.6 Å². The van der Waals surface area contributed by atoms with Crippen molar-refractivity contribution in [3.05, 3.63) is 64.4 Å². The Labute approximate surface area is 191 Å². The number of hydrogen-bond acceptors (Lipinski definition) is 8. The molecule has 3 aromatic rings. The zero-order valence-electron chi connectivity index (χ0n) is 18.3. The zero-order chi connectivity index (χ0) is 23.6. The third-order valence-corrected chi connectivity index (χ3v) is 7.51. The molecule has 0 unspecified atom stereocenters. The number of benzene rings is 2. The number of rotatable bonds is 8. The van der Waals surface area contributed by atoms with Crippen molar-refractivity contribution in [3.63, 3.8) is 0 Å². The highest BCUT2D eigenvalue weighted by Gasteiger charge is 2.32. The number of nitrogens with zero attached hydrogens (tertiary/aromatic N) is 4. The lowest BCUT2D eigenvalue weighted by Crippen LogP contribution is -2.30. The molecule has 2 aromatic carbocycles. The minimum atomic E-state index is -3.88. The molecule has 1 aromatic heterocycles. The fourth-order valence-electron chi connectivity index (χ4n) is 3.81. The van der Waals surface area contributed by atoms with Crippen LogP contribution >= 0.6 is 0 Å². The molecule has 0 amide bonds. The Hall–Kier alpha value is -3.44. The quantitative estimate of drug-likeness (QED) is 0.360. The lowest BCUT2D eigenvalue weighted by molar-refractivity contribution is -0.385. The number of methoxy groups -OCH3 is 1. The molecule has 0 bridgehead atoms. The molecule has 1 aliphatic heterocycles. The number of anilines is 1. The molecule has 1 fully saturated rings. The molecule has 11 heteroatoms. The summed E-state index contributed by atoms with van der Waals surface area (Å²) in [5.74, 6) is 1.25. The van der Waals surface area contributed by atoms with E-state index in [1.165, 1.54) is 16.4 Å². The van der Waals surface area contributed by atoms with Gasteiger partial charge in [0, 0.05) is 43.9 Å². The van der Waals surface area contributed by atoms with E-state index in [4.69, 9.17) is 9.26 Å². The fraction of sp³-hybridized carbons (Fsp3) is 0.318. The van der Waals surface area contributed by atoms with E-state index in [0.29, 0.717) is 30.2 Å². The van der Waals surface area contributed by atoms with Gasteiger partial charge in [0.25, 0.3) is 5.69 Å². The van der Waals surface area contributed by atoms with Gasteiger partial charge in [-0.15, -0.1) is 0 Å². The fourth-order valence-corrected chi connectivity index (χ4v) is 5.59. The number of hydrogen-bond donors (Lipinski definition) is 0. The molecule has 33 heavy (non-hydrogen) atoms. The summed E-state index contributed by atoms with van der Waals surface area (Å²) in [5.41, 5.74) is 1.57. The van der Waals surface area contributed by atoms with Gasteiger partial charge < -0.3 is 14.2 Å². The Bertz CT molecular complexity index is 1250. The van der Waals surface area contributed by atoms with Crippen LogP contribution in [0.5, 0.6) is 5.75 Å². The summed E-state index contributed by atoms with van der Waals surface area (Å²) < 4.78 is 38.5. The van der Waals surface area contributed by atoms with Gasteiger partial charge >= 0.3 is 0 Å². The van der Waals surface area contributed by atoms with Crippen LogP contribution in [0.1, 0.15) is 18.6 Å².